The van der Waals surface area contributed by atoms with Gasteiger partial charge in [-0.25, -0.2) is 0 Å². The second kappa shape index (κ2) is 5.88. The molecular formula is C17H27N. The first kappa shape index (κ1) is 13.6. The van der Waals surface area contributed by atoms with E-state index >= 15 is 0 Å². The highest BCUT2D eigenvalue weighted by Crippen LogP contribution is 2.35. The first-order valence-electron chi connectivity index (χ1n) is 7.39. The third kappa shape index (κ3) is 3.14. The highest BCUT2D eigenvalue weighted by Gasteiger charge is 2.29. The molecule has 0 bridgehead atoms. The zero-order valence-electron chi connectivity index (χ0n) is 12.2. The van der Waals surface area contributed by atoms with E-state index in [0.717, 1.165) is 18.4 Å². The summed E-state index contributed by atoms with van der Waals surface area (Å²) in [5, 5.41) is 3.76. The van der Waals surface area contributed by atoms with Crippen molar-refractivity contribution in [3.8, 4) is 0 Å². The maximum absolute atomic E-state index is 3.76. The van der Waals surface area contributed by atoms with Gasteiger partial charge >= 0.3 is 0 Å². The normalized spacial score (nSPS) is 23.4. The molecule has 1 heterocycles. The highest BCUT2D eigenvalue weighted by molar-refractivity contribution is 5.34. The fourth-order valence-corrected chi connectivity index (χ4v) is 3.21. The number of nitrogens with one attached hydrogen (secondary N) is 1. The predicted octanol–water partition coefficient (Wildman–Crippen LogP) is 4.33. The number of hydrogen-bond acceptors (Lipinski definition) is 1. The third-order valence-electron chi connectivity index (χ3n) is 3.95. The van der Waals surface area contributed by atoms with Crippen molar-refractivity contribution >= 4 is 0 Å². The highest BCUT2D eigenvalue weighted by atomic mass is 14.9. The van der Waals surface area contributed by atoms with Gasteiger partial charge in [0.1, 0.15) is 0 Å². The summed E-state index contributed by atoms with van der Waals surface area (Å²) in [6.45, 7) is 10.4. The monoisotopic (exact) mass is 245 g/mol. The summed E-state index contributed by atoms with van der Waals surface area (Å²) in [7, 11) is 0. The van der Waals surface area contributed by atoms with Gasteiger partial charge in [-0.3, -0.25) is 0 Å². The fourth-order valence-electron chi connectivity index (χ4n) is 3.21. The van der Waals surface area contributed by atoms with E-state index in [2.05, 4.69) is 57.3 Å². The Kier molecular flexibility index (Phi) is 4.45. The lowest BCUT2D eigenvalue weighted by Gasteiger charge is -2.36. The summed E-state index contributed by atoms with van der Waals surface area (Å²) < 4.78 is 0. The molecule has 0 saturated heterocycles. The minimum Gasteiger partial charge on any atom is -0.309 e. The average molecular weight is 245 g/mol. The van der Waals surface area contributed by atoms with Crippen molar-refractivity contribution in [1.29, 1.82) is 0 Å². The lowest BCUT2D eigenvalue weighted by Crippen LogP contribution is -2.40. The van der Waals surface area contributed by atoms with Crippen LogP contribution in [-0.2, 0) is 6.54 Å². The Morgan fingerprint density at radius 1 is 1.06 bits per heavy atom. The van der Waals surface area contributed by atoms with Crippen molar-refractivity contribution in [3.63, 3.8) is 0 Å². The van der Waals surface area contributed by atoms with Crippen LogP contribution in [0, 0.1) is 11.8 Å². The molecule has 0 amide bonds. The topological polar surface area (TPSA) is 12.0 Å². The number of hydrogen-bond donors (Lipinski definition) is 1. The molecule has 0 aromatic heterocycles. The van der Waals surface area contributed by atoms with Crippen LogP contribution in [0.15, 0.2) is 24.3 Å². The number of rotatable bonds is 4. The molecule has 1 aromatic rings. The SMILES string of the molecule is CC(C)CC1NCc2ccccc2C1CC(C)C. The van der Waals surface area contributed by atoms with Crippen LogP contribution in [0.3, 0.4) is 0 Å². The summed E-state index contributed by atoms with van der Waals surface area (Å²) in [5.41, 5.74) is 3.10. The molecule has 2 rings (SSSR count). The van der Waals surface area contributed by atoms with Gasteiger partial charge in [-0.15, -0.1) is 0 Å². The lowest BCUT2D eigenvalue weighted by molar-refractivity contribution is 0.310. The Morgan fingerprint density at radius 2 is 1.72 bits per heavy atom. The molecule has 2 unspecified atom stereocenters. The van der Waals surface area contributed by atoms with Gasteiger partial charge in [-0.05, 0) is 41.7 Å². The van der Waals surface area contributed by atoms with Gasteiger partial charge in [0.2, 0.25) is 0 Å². The molecule has 1 nitrogen and oxygen atoms in total. The van der Waals surface area contributed by atoms with Gasteiger partial charge in [-0.2, -0.15) is 0 Å². The van der Waals surface area contributed by atoms with E-state index in [-0.39, 0.29) is 0 Å². The van der Waals surface area contributed by atoms with Crippen molar-refractivity contribution in [3.05, 3.63) is 35.4 Å². The van der Waals surface area contributed by atoms with Gasteiger partial charge in [0.15, 0.2) is 0 Å². The van der Waals surface area contributed by atoms with E-state index in [0.29, 0.717) is 12.0 Å². The molecule has 1 aromatic carbocycles. The molecule has 0 radical (unpaired) electrons. The van der Waals surface area contributed by atoms with Crippen molar-refractivity contribution in [2.75, 3.05) is 0 Å². The van der Waals surface area contributed by atoms with Crippen LogP contribution < -0.4 is 5.32 Å². The average Bonchev–Trinajstić information content (AvgIpc) is 2.31. The Hall–Kier alpha value is -0.820. The van der Waals surface area contributed by atoms with Crippen LogP contribution in [0.1, 0.15) is 57.6 Å². The molecule has 0 aliphatic carbocycles. The summed E-state index contributed by atoms with van der Waals surface area (Å²) in [4.78, 5) is 0. The number of fused-ring (bicyclic) bond motifs is 1. The molecule has 1 N–H and O–H groups in total. The van der Waals surface area contributed by atoms with E-state index in [4.69, 9.17) is 0 Å². The van der Waals surface area contributed by atoms with Crippen molar-refractivity contribution in [2.24, 2.45) is 11.8 Å². The van der Waals surface area contributed by atoms with Crippen molar-refractivity contribution in [2.45, 2.75) is 59.0 Å². The zero-order chi connectivity index (χ0) is 13.1. The molecule has 1 aliphatic heterocycles. The van der Waals surface area contributed by atoms with Crippen LogP contribution >= 0.6 is 0 Å². The predicted molar refractivity (Wildman–Crippen MR) is 78.7 cm³/mol. The molecule has 0 fully saturated rings. The van der Waals surface area contributed by atoms with E-state index in [1.54, 1.807) is 5.56 Å². The van der Waals surface area contributed by atoms with Gasteiger partial charge in [-0.1, -0.05) is 52.0 Å². The molecule has 100 valence electrons. The molecule has 0 saturated carbocycles. The van der Waals surface area contributed by atoms with E-state index in [1.165, 1.54) is 18.4 Å². The van der Waals surface area contributed by atoms with Gasteiger partial charge in [0.25, 0.3) is 0 Å². The Labute approximate surface area is 112 Å². The maximum Gasteiger partial charge on any atom is 0.0211 e. The number of benzene rings is 1. The van der Waals surface area contributed by atoms with Crippen LogP contribution in [0.4, 0.5) is 0 Å². The molecule has 1 aliphatic rings. The van der Waals surface area contributed by atoms with Crippen LogP contribution in [0.25, 0.3) is 0 Å². The largest absolute Gasteiger partial charge is 0.309 e. The molecule has 2 atom stereocenters. The van der Waals surface area contributed by atoms with Crippen LogP contribution in [0.5, 0.6) is 0 Å². The summed E-state index contributed by atoms with van der Waals surface area (Å²) in [5.74, 6) is 2.22. The van der Waals surface area contributed by atoms with Crippen molar-refractivity contribution < 1.29 is 0 Å². The van der Waals surface area contributed by atoms with Gasteiger partial charge < -0.3 is 5.32 Å². The van der Waals surface area contributed by atoms with Crippen LogP contribution in [0.2, 0.25) is 0 Å². The first-order chi connectivity index (χ1) is 8.58. The summed E-state index contributed by atoms with van der Waals surface area (Å²) in [6, 6.07) is 9.64. The van der Waals surface area contributed by atoms with Crippen LogP contribution in [-0.4, -0.2) is 6.04 Å². The standard InChI is InChI=1S/C17H27N/c1-12(2)9-16-15-8-6-5-7-14(15)11-18-17(16)10-13(3)4/h5-8,12-13,16-18H,9-11H2,1-4H3. The van der Waals surface area contributed by atoms with E-state index in [1.807, 2.05) is 0 Å². The Balaban J connectivity index is 2.24. The Bertz CT molecular complexity index is 381. The Morgan fingerprint density at radius 3 is 2.39 bits per heavy atom. The summed E-state index contributed by atoms with van der Waals surface area (Å²) >= 11 is 0. The minimum absolute atomic E-state index is 0.655. The van der Waals surface area contributed by atoms with Crippen molar-refractivity contribution in [1.82, 2.24) is 5.32 Å². The minimum atomic E-state index is 0.655. The van der Waals surface area contributed by atoms with E-state index < -0.39 is 0 Å². The van der Waals surface area contributed by atoms with Gasteiger partial charge in [0, 0.05) is 12.6 Å². The quantitative estimate of drug-likeness (QED) is 0.832. The maximum atomic E-state index is 3.76. The van der Waals surface area contributed by atoms with Gasteiger partial charge in [0.05, 0.1) is 0 Å². The lowest BCUT2D eigenvalue weighted by atomic mass is 9.77. The molecule has 0 spiro atoms. The second-order valence-electron chi connectivity index (χ2n) is 6.55. The first-order valence-corrected chi connectivity index (χ1v) is 7.39. The zero-order valence-corrected chi connectivity index (χ0v) is 12.2. The fraction of sp³-hybridized carbons (Fsp3) is 0.647. The third-order valence-corrected chi connectivity index (χ3v) is 3.95. The molecule has 18 heavy (non-hydrogen) atoms. The smallest absolute Gasteiger partial charge is 0.0211 e. The summed E-state index contributed by atoms with van der Waals surface area (Å²) in [6.07, 6.45) is 2.58. The molecular weight excluding hydrogens is 218 g/mol. The van der Waals surface area contributed by atoms with E-state index in [9.17, 15) is 0 Å². The molecule has 1 heteroatoms. The second-order valence-corrected chi connectivity index (χ2v) is 6.55.